The fourth-order valence-electron chi connectivity index (χ4n) is 5.86. The zero-order valence-corrected chi connectivity index (χ0v) is 18.8. The Bertz CT molecular complexity index is 976. The molecule has 0 aromatic heterocycles. The standard InChI is InChI=1S/C28H33N3O/c1-32-25-13-12-24(29)18-23(25)19-30-27-22-14-16-31(17-15-22)28(27)26(20-8-4-2-5-9-20)21-10-6-3-7-11-21/h2-13,18,22,26-28,30H,14-17,19,29H2,1H3. The van der Waals surface area contributed by atoms with Crippen LogP contribution in [0, 0.1) is 5.92 Å². The predicted octanol–water partition coefficient (Wildman–Crippen LogP) is 4.66. The molecule has 3 fully saturated rings. The SMILES string of the molecule is COc1ccc(N)cc1CNC1C2CCN(CC2)C1C(c1ccccc1)c1ccccc1. The summed E-state index contributed by atoms with van der Waals surface area (Å²) in [7, 11) is 1.73. The molecule has 2 atom stereocenters. The Morgan fingerprint density at radius 3 is 2.16 bits per heavy atom. The van der Waals surface area contributed by atoms with E-state index in [4.69, 9.17) is 10.5 Å². The topological polar surface area (TPSA) is 50.5 Å². The van der Waals surface area contributed by atoms with E-state index >= 15 is 0 Å². The molecular formula is C28H33N3O. The first-order valence-electron chi connectivity index (χ1n) is 11.7. The second-order valence-electron chi connectivity index (χ2n) is 9.14. The quantitative estimate of drug-likeness (QED) is 0.539. The molecule has 3 aliphatic rings. The number of piperidine rings is 3. The molecule has 4 nitrogen and oxygen atoms in total. The molecule has 0 radical (unpaired) electrons. The number of fused-ring (bicyclic) bond motifs is 3. The van der Waals surface area contributed by atoms with Crippen LogP contribution in [-0.2, 0) is 6.54 Å². The lowest BCUT2D eigenvalue weighted by Gasteiger charge is -2.54. The van der Waals surface area contributed by atoms with Crippen LogP contribution in [0.1, 0.15) is 35.4 Å². The fraction of sp³-hybridized carbons (Fsp3) is 0.357. The molecule has 0 spiro atoms. The van der Waals surface area contributed by atoms with Crippen molar-refractivity contribution in [3.05, 3.63) is 95.6 Å². The van der Waals surface area contributed by atoms with Gasteiger partial charge < -0.3 is 15.8 Å². The van der Waals surface area contributed by atoms with E-state index in [2.05, 4.69) is 70.9 Å². The van der Waals surface area contributed by atoms with Crippen LogP contribution in [0.3, 0.4) is 0 Å². The Kier molecular flexibility index (Phi) is 6.15. The van der Waals surface area contributed by atoms with Crippen molar-refractivity contribution < 1.29 is 4.74 Å². The van der Waals surface area contributed by atoms with Crippen LogP contribution in [0.25, 0.3) is 0 Å². The van der Waals surface area contributed by atoms with E-state index in [0.717, 1.165) is 23.5 Å². The molecule has 3 heterocycles. The van der Waals surface area contributed by atoms with Crippen molar-refractivity contribution in [1.82, 2.24) is 10.2 Å². The van der Waals surface area contributed by atoms with E-state index in [1.807, 2.05) is 18.2 Å². The summed E-state index contributed by atoms with van der Waals surface area (Å²) in [5, 5.41) is 3.96. The van der Waals surface area contributed by atoms with Crippen LogP contribution in [0.4, 0.5) is 5.69 Å². The highest BCUT2D eigenvalue weighted by molar-refractivity contribution is 5.48. The van der Waals surface area contributed by atoms with Gasteiger partial charge in [-0.25, -0.2) is 0 Å². The van der Waals surface area contributed by atoms with Crippen molar-refractivity contribution in [2.45, 2.75) is 37.4 Å². The molecule has 0 aliphatic carbocycles. The molecule has 3 aliphatic heterocycles. The molecule has 0 amide bonds. The van der Waals surface area contributed by atoms with Gasteiger partial charge in [-0.1, -0.05) is 60.7 Å². The third-order valence-electron chi connectivity index (χ3n) is 7.36. The Morgan fingerprint density at radius 1 is 0.938 bits per heavy atom. The number of methoxy groups -OCH3 is 1. The highest BCUT2D eigenvalue weighted by Crippen LogP contribution is 2.42. The third kappa shape index (κ3) is 4.13. The minimum absolute atomic E-state index is 0.334. The molecule has 3 aromatic rings. The van der Waals surface area contributed by atoms with Gasteiger partial charge in [-0.15, -0.1) is 0 Å². The van der Waals surface area contributed by atoms with E-state index in [0.29, 0.717) is 23.9 Å². The number of rotatable bonds is 7. The molecule has 2 unspecified atom stereocenters. The number of anilines is 1. The van der Waals surface area contributed by atoms with Crippen LogP contribution >= 0.6 is 0 Å². The molecule has 32 heavy (non-hydrogen) atoms. The summed E-state index contributed by atoms with van der Waals surface area (Å²) in [5.41, 5.74) is 10.8. The number of hydrogen-bond acceptors (Lipinski definition) is 4. The van der Waals surface area contributed by atoms with E-state index < -0.39 is 0 Å². The maximum absolute atomic E-state index is 6.09. The van der Waals surface area contributed by atoms with Crippen molar-refractivity contribution >= 4 is 5.69 Å². The second-order valence-corrected chi connectivity index (χ2v) is 9.14. The van der Waals surface area contributed by atoms with E-state index in [1.165, 1.54) is 37.1 Å². The first-order chi connectivity index (χ1) is 15.7. The molecule has 3 aromatic carbocycles. The first kappa shape index (κ1) is 21.0. The molecule has 166 valence electrons. The van der Waals surface area contributed by atoms with Gasteiger partial charge >= 0.3 is 0 Å². The Balaban J connectivity index is 1.49. The Hall–Kier alpha value is -2.82. The van der Waals surface area contributed by atoms with Crippen molar-refractivity contribution in [2.75, 3.05) is 25.9 Å². The van der Waals surface area contributed by atoms with E-state index in [-0.39, 0.29) is 0 Å². The van der Waals surface area contributed by atoms with Gasteiger partial charge in [0.25, 0.3) is 0 Å². The van der Waals surface area contributed by atoms with Crippen LogP contribution in [0.2, 0.25) is 0 Å². The van der Waals surface area contributed by atoms with Crippen molar-refractivity contribution in [3.8, 4) is 5.75 Å². The lowest BCUT2D eigenvalue weighted by atomic mass is 9.70. The van der Waals surface area contributed by atoms with Gasteiger partial charge in [0.05, 0.1) is 7.11 Å². The average Bonchev–Trinajstić information content (AvgIpc) is 2.85. The average molecular weight is 428 g/mol. The van der Waals surface area contributed by atoms with E-state index in [1.54, 1.807) is 7.11 Å². The maximum atomic E-state index is 6.09. The van der Waals surface area contributed by atoms with Gasteiger partial charge in [-0.05, 0) is 61.2 Å². The van der Waals surface area contributed by atoms with Gasteiger partial charge in [0.15, 0.2) is 0 Å². The summed E-state index contributed by atoms with van der Waals surface area (Å²) in [6, 6.07) is 28.8. The highest BCUT2D eigenvalue weighted by atomic mass is 16.5. The fourth-order valence-corrected chi connectivity index (χ4v) is 5.86. The summed E-state index contributed by atoms with van der Waals surface area (Å²) in [6.07, 6.45) is 2.52. The monoisotopic (exact) mass is 427 g/mol. The minimum Gasteiger partial charge on any atom is -0.496 e. The van der Waals surface area contributed by atoms with Crippen LogP contribution in [-0.4, -0.2) is 37.2 Å². The number of benzene rings is 3. The summed E-state index contributed by atoms with van der Waals surface area (Å²) in [5.74, 6) is 1.92. The van der Waals surface area contributed by atoms with Gasteiger partial charge in [0, 0.05) is 35.8 Å². The number of ether oxygens (including phenoxy) is 1. The van der Waals surface area contributed by atoms with Crippen molar-refractivity contribution in [3.63, 3.8) is 0 Å². The molecule has 6 rings (SSSR count). The summed E-state index contributed by atoms with van der Waals surface area (Å²) in [4.78, 5) is 2.72. The zero-order chi connectivity index (χ0) is 21.9. The van der Waals surface area contributed by atoms with Crippen molar-refractivity contribution in [2.24, 2.45) is 5.92 Å². The van der Waals surface area contributed by atoms with Gasteiger partial charge in [0.2, 0.25) is 0 Å². The van der Waals surface area contributed by atoms with Crippen LogP contribution in [0.15, 0.2) is 78.9 Å². The Morgan fingerprint density at radius 2 is 1.56 bits per heavy atom. The van der Waals surface area contributed by atoms with Crippen molar-refractivity contribution in [1.29, 1.82) is 0 Å². The van der Waals surface area contributed by atoms with Crippen LogP contribution in [0.5, 0.6) is 5.75 Å². The predicted molar refractivity (Wildman–Crippen MR) is 131 cm³/mol. The minimum atomic E-state index is 0.334. The second kappa shape index (κ2) is 9.35. The normalized spacial score (nSPS) is 24.6. The number of nitrogen functional groups attached to an aromatic ring is 1. The molecule has 2 bridgehead atoms. The van der Waals surface area contributed by atoms with Gasteiger partial charge in [-0.2, -0.15) is 0 Å². The van der Waals surface area contributed by atoms with E-state index in [9.17, 15) is 0 Å². The highest BCUT2D eigenvalue weighted by Gasteiger charge is 2.46. The smallest absolute Gasteiger partial charge is 0.123 e. The van der Waals surface area contributed by atoms with Gasteiger partial charge in [-0.3, -0.25) is 4.90 Å². The molecule has 3 saturated heterocycles. The number of nitrogens with two attached hydrogens (primary N) is 1. The molecular weight excluding hydrogens is 394 g/mol. The summed E-state index contributed by atoms with van der Waals surface area (Å²) < 4.78 is 5.61. The van der Waals surface area contributed by atoms with Gasteiger partial charge in [0.1, 0.15) is 5.75 Å². The molecule has 3 N–H and O–H groups in total. The summed E-state index contributed by atoms with van der Waals surface area (Å²) in [6.45, 7) is 3.13. The zero-order valence-electron chi connectivity index (χ0n) is 18.8. The Labute approximate surface area is 191 Å². The largest absolute Gasteiger partial charge is 0.496 e. The number of nitrogens with zero attached hydrogens (tertiary/aromatic N) is 1. The van der Waals surface area contributed by atoms with Crippen LogP contribution < -0.4 is 15.8 Å². The molecule has 0 saturated carbocycles. The number of hydrogen-bond donors (Lipinski definition) is 2. The lowest BCUT2D eigenvalue weighted by molar-refractivity contribution is 0.00462. The molecule has 4 heteroatoms. The first-order valence-corrected chi connectivity index (χ1v) is 11.7. The summed E-state index contributed by atoms with van der Waals surface area (Å²) >= 11 is 0. The lowest BCUT2D eigenvalue weighted by Crippen LogP contribution is -2.64. The maximum Gasteiger partial charge on any atom is 0.123 e. The third-order valence-corrected chi connectivity index (χ3v) is 7.36. The number of nitrogens with one attached hydrogen (secondary N) is 1.